The largest absolute Gasteiger partial charge is 0.477 e. The summed E-state index contributed by atoms with van der Waals surface area (Å²) < 4.78 is 10.7. The number of benzene rings is 1. The van der Waals surface area contributed by atoms with Crippen molar-refractivity contribution in [1.29, 1.82) is 0 Å². The van der Waals surface area contributed by atoms with E-state index in [0.717, 1.165) is 17.6 Å². The predicted molar refractivity (Wildman–Crippen MR) is 116 cm³/mol. The van der Waals surface area contributed by atoms with Crippen molar-refractivity contribution in [3.8, 4) is 5.88 Å². The van der Waals surface area contributed by atoms with Crippen LogP contribution >= 0.6 is 12.4 Å². The van der Waals surface area contributed by atoms with Gasteiger partial charge in [-0.1, -0.05) is 25.1 Å². The van der Waals surface area contributed by atoms with Crippen LogP contribution in [0.1, 0.15) is 23.7 Å². The molecule has 4 rings (SSSR count). The van der Waals surface area contributed by atoms with Crippen molar-refractivity contribution in [2.45, 2.75) is 13.3 Å². The Morgan fingerprint density at radius 1 is 1.10 bits per heavy atom. The van der Waals surface area contributed by atoms with E-state index in [-0.39, 0.29) is 23.9 Å². The summed E-state index contributed by atoms with van der Waals surface area (Å²) in [5.41, 5.74) is -0.0668. The molecule has 1 aromatic carbocycles. The molecule has 0 aliphatic carbocycles. The quantitative estimate of drug-likeness (QED) is 0.575. The predicted octanol–water partition coefficient (Wildman–Crippen LogP) is 2.76. The number of fused-ring (bicyclic) bond motifs is 1. The van der Waals surface area contributed by atoms with Gasteiger partial charge in [-0.2, -0.15) is 0 Å². The van der Waals surface area contributed by atoms with Gasteiger partial charge in [0.15, 0.2) is 5.82 Å². The summed E-state index contributed by atoms with van der Waals surface area (Å²) in [7, 11) is 0. The zero-order valence-corrected chi connectivity index (χ0v) is 17.4. The lowest BCUT2D eigenvalue weighted by Gasteiger charge is -2.35. The highest BCUT2D eigenvalue weighted by atomic mass is 35.5. The van der Waals surface area contributed by atoms with Crippen molar-refractivity contribution in [1.82, 2.24) is 15.1 Å². The van der Waals surface area contributed by atoms with Gasteiger partial charge in [0.1, 0.15) is 11.1 Å². The number of ether oxygens (including phenoxy) is 1. The molecule has 3 aromatic rings. The van der Waals surface area contributed by atoms with Gasteiger partial charge in [0.25, 0.3) is 5.91 Å². The van der Waals surface area contributed by atoms with Gasteiger partial charge in [-0.15, -0.1) is 22.6 Å². The number of nitrogens with zero attached hydrogens (tertiary/aromatic N) is 4. The summed E-state index contributed by atoms with van der Waals surface area (Å²) in [6.07, 6.45) is 0.912. The van der Waals surface area contributed by atoms with Gasteiger partial charge in [0.2, 0.25) is 5.88 Å². The average Bonchev–Trinajstić information content (AvgIpc) is 2.77. The minimum atomic E-state index is -0.607. The fourth-order valence-corrected chi connectivity index (χ4v) is 3.29. The van der Waals surface area contributed by atoms with E-state index in [1.54, 1.807) is 29.2 Å². The van der Waals surface area contributed by atoms with Crippen molar-refractivity contribution in [3.05, 3.63) is 58.4 Å². The summed E-state index contributed by atoms with van der Waals surface area (Å²) in [6, 6.07) is 12.4. The molecule has 0 radical (unpaired) electrons. The van der Waals surface area contributed by atoms with Crippen LogP contribution < -0.4 is 15.3 Å². The molecular weight excluding hydrogens is 408 g/mol. The van der Waals surface area contributed by atoms with Gasteiger partial charge in [-0.25, -0.2) is 4.79 Å². The van der Waals surface area contributed by atoms with E-state index in [2.05, 4.69) is 15.1 Å². The zero-order valence-electron chi connectivity index (χ0n) is 16.6. The van der Waals surface area contributed by atoms with E-state index in [1.807, 2.05) is 25.1 Å². The fraction of sp³-hybridized carbons (Fsp3) is 0.333. The molecule has 1 amide bonds. The van der Waals surface area contributed by atoms with Gasteiger partial charge in [0.05, 0.1) is 6.61 Å². The van der Waals surface area contributed by atoms with E-state index in [9.17, 15) is 9.59 Å². The Hall–Kier alpha value is -3.13. The molecule has 1 saturated heterocycles. The molecule has 0 bridgehead atoms. The Morgan fingerprint density at radius 3 is 2.57 bits per heavy atom. The molecule has 0 unspecified atom stereocenters. The SMILES string of the molecule is CCCOc1ccc(N2CCN(C(=O)c3cc4ccccc4oc3=O)CC2)nn1.Cl. The molecule has 1 aliphatic heterocycles. The number of rotatable bonds is 5. The minimum absolute atomic E-state index is 0. The number of aromatic nitrogens is 2. The van der Waals surface area contributed by atoms with Crippen molar-refractivity contribution in [3.63, 3.8) is 0 Å². The number of carbonyl (C=O) groups is 1. The Morgan fingerprint density at radius 2 is 1.87 bits per heavy atom. The highest BCUT2D eigenvalue weighted by Crippen LogP contribution is 2.18. The first kappa shape index (κ1) is 21.6. The second-order valence-corrected chi connectivity index (χ2v) is 6.84. The molecule has 0 atom stereocenters. The topological polar surface area (TPSA) is 88.8 Å². The number of amides is 1. The number of carbonyl (C=O) groups excluding carboxylic acids is 1. The van der Waals surface area contributed by atoms with E-state index < -0.39 is 5.63 Å². The number of para-hydroxylation sites is 1. The Labute approximate surface area is 179 Å². The molecular formula is C21H23ClN4O4. The van der Waals surface area contributed by atoms with Crippen LogP contribution in [0.2, 0.25) is 0 Å². The molecule has 158 valence electrons. The van der Waals surface area contributed by atoms with Crippen LogP contribution in [0.25, 0.3) is 11.0 Å². The Balaban J connectivity index is 0.00000256. The maximum atomic E-state index is 12.9. The summed E-state index contributed by atoms with van der Waals surface area (Å²) >= 11 is 0. The van der Waals surface area contributed by atoms with Crippen LogP contribution in [0.15, 0.2) is 51.7 Å². The van der Waals surface area contributed by atoms with E-state index in [0.29, 0.717) is 44.2 Å². The normalized spacial score (nSPS) is 13.8. The van der Waals surface area contributed by atoms with Crippen molar-refractivity contribution in [2.24, 2.45) is 0 Å². The molecule has 8 nitrogen and oxygen atoms in total. The zero-order chi connectivity index (χ0) is 20.2. The van der Waals surface area contributed by atoms with Gasteiger partial charge >= 0.3 is 5.63 Å². The summed E-state index contributed by atoms with van der Waals surface area (Å²) in [4.78, 5) is 28.8. The molecule has 0 N–H and O–H groups in total. The summed E-state index contributed by atoms with van der Waals surface area (Å²) in [6.45, 7) is 4.83. The van der Waals surface area contributed by atoms with Crippen molar-refractivity contribution < 1.29 is 13.9 Å². The Kier molecular flexibility index (Phi) is 6.89. The van der Waals surface area contributed by atoms with E-state index in [4.69, 9.17) is 9.15 Å². The second-order valence-electron chi connectivity index (χ2n) is 6.84. The lowest BCUT2D eigenvalue weighted by Crippen LogP contribution is -2.49. The third-order valence-corrected chi connectivity index (χ3v) is 4.84. The molecule has 3 heterocycles. The van der Waals surface area contributed by atoms with Crippen LogP contribution in [0.3, 0.4) is 0 Å². The molecule has 0 spiro atoms. The lowest BCUT2D eigenvalue weighted by molar-refractivity contribution is 0.0742. The first-order valence-corrected chi connectivity index (χ1v) is 9.69. The third-order valence-electron chi connectivity index (χ3n) is 4.84. The number of halogens is 1. The summed E-state index contributed by atoms with van der Waals surface area (Å²) in [5, 5.41) is 9.03. The highest BCUT2D eigenvalue weighted by Gasteiger charge is 2.25. The van der Waals surface area contributed by atoms with Gasteiger partial charge < -0.3 is 19.0 Å². The molecule has 1 fully saturated rings. The van der Waals surface area contributed by atoms with Crippen molar-refractivity contribution >= 4 is 35.1 Å². The van der Waals surface area contributed by atoms with Crippen LogP contribution in [0.5, 0.6) is 5.88 Å². The van der Waals surface area contributed by atoms with Crippen LogP contribution in [0, 0.1) is 0 Å². The molecule has 30 heavy (non-hydrogen) atoms. The van der Waals surface area contributed by atoms with Gasteiger partial charge in [-0.3, -0.25) is 4.79 Å². The monoisotopic (exact) mass is 430 g/mol. The molecule has 0 saturated carbocycles. The maximum absolute atomic E-state index is 12.9. The van der Waals surface area contributed by atoms with E-state index in [1.165, 1.54) is 0 Å². The molecule has 1 aliphatic rings. The molecule has 9 heteroatoms. The first-order chi connectivity index (χ1) is 14.2. The number of anilines is 1. The van der Waals surface area contributed by atoms with Crippen LogP contribution in [-0.4, -0.2) is 53.8 Å². The average molecular weight is 431 g/mol. The van der Waals surface area contributed by atoms with Crippen molar-refractivity contribution in [2.75, 3.05) is 37.7 Å². The van der Waals surface area contributed by atoms with Gasteiger partial charge in [-0.05, 0) is 24.6 Å². The highest BCUT2D eigenvalue weighted by molar-refractivity contribution is 5.96. The van der Waals surface area contributed by atoms with Crippen LogP contribution in [0.4, 0.5) is 5.82 Å². The number of hydrogen-bond donors (Lipinski definition) is 0. The Bertz CT molecular complexity index is 1060. The fourth-order valence-electron chi connectivity index (χ4n) is 3.29. The summed E-state index contributed by atoms with van der Waals surface area (Å²) in [5.74, 6) is 0.942. The van der Waals surface area contributed by atoms with Gasteiger partial charge in [0, 0.05) is 37.6 Å². The number of piperazine rings is 1. The smallest absolute Gasteiger partial charge is 0.349 e. The van der Waals surface area contributed by atoms with Crippen LogP contribution in [-0.2, 0) is 0 Å². The molecule has 2 aromatic heterocycles. The lowest BCUT2D eigenvalue weighted by atomic mass is 10.1. The maximum Gasteiger partial charge on any atom is 0.349 e. The number of hydrogen-bond acceptors (Lipinski definition) is 7. The van der Waals surface area contributed by atoms with E-state index >= 15 is 0 Å². The standard InChI is InChI=1S/C21H22N4O4.ClH/c1-2-13-28-19-8-7-18(22-23-19)24-9-11-25(12-10-24)20(26)16-14-15-5-3-4-6-17(15)29-21(16)27;/h3-8,14H,2,9-13H2,1H3;1H. The first-order valence-electron chi connectivity index (χ1n) is 9.69. The third kappa shape index (κ3) is 4.54. The minimum Gasteiger partial charge on any atom is -0.477 e. The second kappa shape index (κ2) is 9.58.